The fourth-order valence-electron chi connectivity index (χ4n) is 2.74. The predicted octanol–water partition coefficient (Wildman–Crippen LogP) is 2.39. The summed E-state index contributed by atoms with van der Waals surface area (Å²) in [7, 11) is -3.56. The van der Waals surface area contributed by atoms with Gasteiger partial charge in [-0.3, -0.25) is 4.79 Å². The van der Waals surface area contributed by atoms with E-state index in [0.717, 1.165) is 6.07 Å². The molecular formula is C18H18ClFN2O4S. The molecule has 27 heavy (non-hydrogen) atoms. The molecule has 0 spiro atoms. The van der Waals surface area contributed by atoms with Gasteiger partial charge in [0.25, 0.3) is 5.91 Å². The van der Waals surface area contributed by atoms with Crippen LogP contribution in [0.25, 0.3) is 0 Å². The third kappa shape index (κ3) is 4.58. The Labute approximate surface area is 162 Å². The van der Waals surface area contributed by atoms with Gasteiger partial charge >= 0.3 is 0 Å². The molecule has 2 aromatic carbocycles. The first kappa shape index (κ1) is 19.6. The van der Waals surface area contributed by atoms with Crippen molar-refractivity contribution >= 4 is 27.5 Å². The minimum atomic E-state index is -3.56. The quantitative estimate of drug-likeness (QED) is 0.756. The molecule has 1 saturated heterocycles. The fraction of sp³-hybridized carbons (Fsp3) is 0.278. The smallest absolute Gasteiger partial charge is 0.260 e. The molecule has 0 unspecified atom stereocenters. The highest BCUT2D eigenvalue weighted by Crippen LogP contribution is 2.25. The molecule has 0 atom stereocenters. The van der Waals surface area contributed by atoms with Crippen molar-refractivity contribution in [1.82, 2.24) is 9.21 Å². The average molecular weight is 413 g/mol. The number of sulfonamides is 1. The van der Waals surface area contributed by atoms with Gasteiger partial charge in [-0.1, -0.05) is 29.8 Å². The van der Waals surface area contributed by atoms with Gasteiger partial charge in [0.1, 0.15) is 11.6 Å². The normalized spacial score (nSPS) is 15.6. The molecule has 1 heterocycles. The third-order valence-corrected chi connectivity index (χ3v) is 6.43. The highest BCUT2D eigenvalue weighted by Gasteiger charge is 2.30. The number of hydrogen-bond acceptors (Lipinski definition) is 4. The second-order valence-electron chi connectivity index (χ2n) is 5.96. The van der Waals surface area contributed by atoms with Crippen molar-refractivity contribution in [3.8, 4) is 5.75 Å². The largest absolute Gasteiger partial charge is 0.482 e. The van der Waals surface area contributed by atoms with Crippen LogP contribution in [0, 0.1) is 5.82 Å². The van der Waals surface area contributed by atoms with E-state index < -0.39 is 15.8 Å². The number of hydrogen-bond donors (Lipinski definition) is 0. The van der Waals surface area contributed by atoms with Crippen LogP contribution in [0.5, 0.6) is 5.75 Å². The summed E-state index contributed by atoms with van der Waals surface area (Å²) in [6, 6.07) is 11.8. The van der Waals surface area contributed by atoms with Gasteiger partial charge < -0.3 is 9.64 Å². The van der Waals surface area contributed by atoms with E-state index in [0.29, 0.717) is 0 Å². The standard InChI is InChI=1S/C18H18ClFN2O4S/c19-16-12-14(20)6-7-17(16)26-13-18(23)21-8-10-22(11-9-21)27(24,25)15-4-2-1-3-5-15/h1-7,12H,8-11,13H2. The van der Waals surface area contributed by atoms with Crippen molar-refractivity contribution in [3.63, 3.8) is 0 Å². The number of amides is 1. The summed E-state index contributed by atoms with van der Waals surface area (Å²) in [6.07, 6.45) is 0. The summed E-state index contributed by atoms with van der Waals surface area (Å²) >= 11 is 5.86. The first-order valence-corrected chi connectivity index (χ1v) is 10.1. The van der Waals surface area contributed by atoms with Crippen molar-refractivity contribution in [1.29, 1.82) is 0 Å². The zero-order valence-electron chi connectivity index (χ0n) is 14.3. The van der Waals surface area contributed by atoms with E-state index in [4.69, 9.17) is 16.3 Å². The molecule has 3 rings (SSSR count). The van der Waals surface area contributed by atoms with Crippen molar-refractivity contribution in [2.24, 2.45) is 0 Å². The second-order valence-corrected chi connectivity index (χ2v) is 8.31. The Hall–Kier alpha value is -2.16. The number of piperazine rings is 1. The van der Waals surface area contributed by atoms with Gasteiger partial charge in [0.2, 0.25) is 10.0 Å². The number of nitrogens with zero attached hydrogens (tertiary/aromatic N) is 2. The number of carbonyl (C=O) groups excluding carboxylic acids is 1. The van der Waals surface area contributed by atoms with Crippen molar-refractivity contribution < 1.29 is 22.3 Å². The number of ether oxygens (including phenoxy) is 1. The van der Waals surface area contributed by atoms with E-state index in [1.807, 2.05) is 0 Å². The van der Waals surface area contributed by atoms with E-state index in [-0.39, 0.29) is 54.4 Å². The van der Waals surface area contributed by atoms with E-state index >= 15 is 0 Å². The number of halogens is 2. The van der Waals surface area contributed by atoms with Gasteiger partial charge in [-0.15, -0.1) is 0 Å². The molecule has 0 N–H and O–H groups in total. The monoisotopic (exact) mass is 412 g/mol. The molecule has 1 aliphatic heterocycles. The van der Waals surface area contributed by atoms with Crippen LogP contribution < -0.4 is 4.74 Å². The van der Waals surface area contributed by atoms with Gasteiger partial charge in [-0.25, -0.2) is 12.8 Å². The summed E-state index contributed by atoms with van der Waals surface area (Å²) in [5.74, 6) is -0.557. The molecule has 0 aromatic heterocycles. The summed E-state index contributed by atoms with van der Waals surface area (Å²) in [5.41, 5.74) is 0. The van der Waals surface area contributed by atoms with E-state index in [1.165, 1.54) is 21.3 Å². The molecule has 1 fully saturated rings. The lowest BCUT2D eigenvalue weighted by Gasteiger charge is -2.34. The van der Waals surface area contributed by atoms with Crippen LogP contribution in [-0.2, 0) is 14.8 Å². The SMILES string of the molecule is O=C(COc1ccc(F)cc1Cl)N1CCN(S(=O)(=O)c2ccccc2)CC1. The predicted molar refractivity (Wildman–Crippen MR) is 98.7 cm³/mol. The van der Waals surface area contributed by atoms with Crippen LogP contribution in [0.3, 0.4) is 0 Å². The molecular weight excluding hydrogens is 395 g/mol. The molecule has 6 nitrogen and oxygen atoms in total. The Morgan fingerprint density at radius 3 is 2.37 bits per heavy atom. The van der Waals surface area contributed by atoms with Crippen LogP contribution in [0.2, 0.25) is 5.02 Å². The van der Waals surface area contributed by atoms with E-state index in [1.54, 1.807) is 30.3 Å². The maximum absolute atomic E-state index is 13.0. The zero-order chi connectivity index (χ0) is 19.4. The summed E-state index contributed by atoms with van der Waals surface area (Å²) in [4.78, 5) is 14.1. The number of benzene rings is 2. The molecule has 0 saturated carbocycles. The first-order chi connectivity index (χ1) is 12.9. The lowest BCUT2D eigenvalue weighted by atomic mass is 10.3. The van der Waals surface area contributed by atoms with Gasteiger partial charge in [0.15, 0.2) is 6.61 Å². The molecule has 9 heteroatoms. The Morgan fingerprint density at radius 2 is 1.74 bits per heavy atom. The van der Waals surface area contributed by atoms with Crippen LogP contribution in [-0.4, -0.2) is 56.3 Å². The average Bonchev–Trinajstić information content (AvgIpc) is 2.68. The molecule has 2 aromatic rings. The molecule has 1 amide bonds. The van der Waals surface area contributed by atoms with Crippen molar-refractivity contribution in [2.45, 2.75) is 4.90 Å². The molecule has 144 valence electrons. The molecule has 0 bridgehead atoms. The van der Waals surface area contributed by atoms with E-state index in [2.05, 4.69) is 0 Å². The Kier molecular flexibility index (Phi) is 5.98. The van der Waals surface area contributed by atoms with Crippen LogP contribution in [0.15, 0.2) is 53.4 Å². The van der Waals surface area contributed by atoms with Crippen molar-refractivity contribution in [2.75, 3.05) is 32.8 Å². The maximum atomic E-state index is 13.0. The minimum Gasteiger partial charge on any atom is -0.482 e. The molecule has 1 aliphatic rings. The summed E-state index contributed by atoms with van der Waals surface area (Å²) < 4.78 is 44.9. The van der Waals surface area contributed by atoms with Gasteiger partial charge in [0.05, 0.1) is 9.92 Å². The minimum absolute atomic E-state index is 0.0848. The van der Waals surface area contributed by atoms with Gasteiger partial charge in [0, 0.05) is 26.2 Å². The topological polar surface area (TPSA) is 66.9 Å². The van der Waals surface area contributed by atoms with Crippen molar-refractivity contribution in [3.05, 3.63) is 59.4 Å². The Bertz CT molecular complexity index is 916. The highest BCUT2D eigenvalue weighted by atomic mass is 35.5. The van der Waals surface area contributed by atoms with Gasteiger partial charge in [-0.05, 0) is 30.3 Å². The number of rotatable bonds is 5. The lowest BCUT2D eigenvalue weighted by Crippen LogP contribution is -2.51. The van der Waals surface area contributed by atoms with Gasteiger partial charge in [-0.2, -0.15) is 4.31 Å². The summed E-state index contributed by atoms with van der Waals surface area (Å²) in [5, 5.41) is 0.0848. The maximum Gasteiger partial charge on any atom is 0.260 e. The highest BCUT2D eigenvalue weighted by molar-refractivity contribution is 7.89. The van der Waals surface area contributed by atoms with Crippen LogP contribution in [0.1, 0.15) is 0 Å². The van der Waals surface area contributed by atoms with Crippen LogP contribution in [0.4, 0.5) is 4.39 Å². The third-order valence-electron chi connectivity index (χ3n) is 4.22. The number of carbonyl (C=O) groups is 1. The zero-order valence-corrected chi connectivity index (χ0v) is 15.9. The van der Waals surface area contributed by atoms with Crippen LogP contribution >= 0.6 is 11.6 Å². The lowest BCUT2D eigenvalue weighted by molar-refractivity contribution is -0.134. The molecule has 0 aliphatic carbocycles. The summed E-state index contributed by atoms with van der Waals surface area (Å²) in [6.45, 7) is 0.703. The molecule has 0 radical (unpaired) electrons. The fourth-order valence-corrected chi connectivity index (χ4v) is 4.41. The van der Waals surface area contributed by atoms with E-state index in [9.17, 15) is 17.6 Å². The Morgan fingerprint density at radius 1 is 1.07 bits per heavy atom. The second kappa shape index (κ2) is 8.24. The first-order valence-electron chi connectivity index (χ1n) is 8.29. The Balaban J connectivity index is 1.55.